The Bertz CT molecular complexity index is 383. The van der Waals surface area contributed by atoms with Crippen molar-refractivity contribution < 1.29 is 9.84 Å². The molecule has 1 aromatic rings. The molecule has 17 heavy (non-hydrogen) atoms. The van der Waals surface area contributed by atoms with Crippen LogP contribution in [0.2, 0.25) is 0 Å². The summed E-state index contributed by atoms with van der Waals surface area (Å²) >= 11 is 0. The summed E-state index contributed by atoms with van der Waals surface area (Å²) in [7, 11) is 3.34. The zero-order valence-corrected chi connectivity index (χ0v) is 10.6. The number of nitrogens with zero attached hydrogens (tertiary/aromatic N) is 3. The average Bonchev–Trinajstić information content (AvgIpc) is 2.36. The van der Waals surface area contributed by atoms with Crippen molar-refractivity contribution in [3.05, 3.63) is 6.33 Å². The maximum Gasteiger partial charge on any atom is 0.205 e. The van der Waals surface area contributed by atoms with Crippen molar-refractivity contribution in [3.8, 4) is 5.75 Å². The quantitative estimate of drug-likeness (QED) is 0.492. The molecule has 0 amide bonds. The summed E-state index contributed by atoms with van der Waals surface area (Å²) in [6.45, 7) is 3.77. The zero-order chi connectivity index (χ0) is 13.1. The topological polar surface area (TPSA) is 96.5 Å². The van der Waals surface area contributed by atoms with Gasteiger partial charge in [-0.3, -0.25) is 0 Å². The molecule has 1 aromatic heterocycles. The molecule has 0 saturated carbocycles. The molecule has 7 nitrogen and oxygen atoms in total. The number of ether oxygens (including phenoxy) is 1. The Morgan fingerprint density at radius 1 is 1.53 bits per heavy atom. The highest BCUT2D eigenvalue weighted by Crippen LogP contribution is 2.33. The average molecular weight is 241 g/mol. The lowest BCUT2D eigenvalue weighted by atomic mass is 10.1. The van der Waals surface area contributed by atoms with Crippen LogP contribution in [0.3, 0.4) is 0 Å². The summed E-state index contributed by atoms with van der Waals surface area (Å²) in [6.07, 6.45) is 1.39. The van der Waals surface area contributed by atoms with E-state index in [0.29, 0.717) is 17.4 Å². The second-order valence-electron chi connectivity index (χ2n) is 4.25. The van der Waals surface area contributed by atoms with Gasteiger partial charge in [-0.2, -0.15) is 0 Å². The number of rotatable bonds is 5. The number of nitrogens with one attached hydrogen (secondary N) is 1. The van der Waals surface area contributed by atoms with E-state index < -0.39 is 5.54 Å². The van der Waals surface area contributed by atoms with Crippen LogP contribution in [0.25, 0.3) is 0 Å². The van der Waals surface area contributed by atoms with Gasteiger partial charge in [-0.05, 0) is 13.8 Å². The van der Waals surface area contributed by atoms with Crippen molar-refractivity contribution >= 4 is 11.6 Å². The number of nitrogen functional groups attached to an aromatic ring is 1. The van der Waals surface area contributed by atoms with Crippen LogP contribution >= 0.6 is 0 Å². The van der Waals surface area contributed by atoms with Crippen molar-refractivity contribution in [2.45, 2.75) is 19.4 Å². The molecule has 0 radical (unpaired) electrons. The molecule has 0 spiro atoms. The maximum atomic E-state index is 9.35. The highest BCUT2D eigenvalue weighted by molar-refractivity contribution is 5.64. The standard InChI is InChI=1S/C10H19N5O2/c1-10(2,5-16)15(3)9-7(17-4)8(14-11)12-6-13-9/h6,16H,5,11H2,1-4H3,(H,12,13,14). The third-order valence-electron chi connectivity index (χ3n) is 2.74. The lowest BCUT2D eigenvalue weighted by Gasteiger charge is -2.35. The number of anilines is 2. The third-order valence-corrected chi connectivity index (χ3v) is 2.74. The van der Waals surface area contributed by atoms with Crippen LogP contribution in [0.5, 0.6) is 5.75 Å². The Kier molecular flexibility index (Phi) is 4.08. The van der Waals surface area contributed by atoms with E-state index in [9.17, 15) is 5.11 Å². The Labute approximate surface area is 101 Å². The largest absolute Gasteiger partial charge is 0.490 e. The summed E-state index contributed by atoms with van der Waals surface area (Å²) in [6, 6.07) is 0. The Morgan fingerprint density at radius 3 is 2.65 bits per heavy atom. The van der Waals surface area contributed by atoms with E-state index in [1.807, 2.05) is 25.8 Å². The van der Waals surface area contributed by atoms with E-state index >= 15 is 0 Å². The molecule has 0 aliphatic heterocycles. The summed E-state index contributed by atoms with van der Waals surface area (Å²) in [5, 5.41) is 9.35. The lowest BCUT2D eigenvalue weighted by molar-refractivity contribution is 0.215. The van der Waals surface area contributed by atoms with Gasteiger partial charge in [-0.1, -0.05) is 0 Å². The Morgan fingerprint density at radius 2 is 2.18 bits per heavy atom. The number of hydrogen-bond donors (Lipinski definition) is 3. The SMILES string of the molecule is COc1c(NN)ncnc1N(C)C(C)(C)CO. The van der Waals surface area contributed by atoms with Gasteiger partial charge in [-0.25, -0.2) is 15.8 Å². The molecule has 7 heteroatoms. The van der Waals surface area contributed by atoms with Gasteiger partial charge in [0, 0.05) is 7.05 Å². The minimum absolute atomic E-state index is 0.0119. The molecule has 0 saturated heterocycles. The maximum absolute atomic E-state index is 9.35. The van der Waals surface area contributed by atoms with Crippen molar-refractivity contribution in [2.24, 2.45) is 5.84 Å². The number of nitrogens with two attached hydrogens (primary N) is 1. The fourth-order valence-corrected chi connectivity index (χ4v) is 1.29. The number of hydrogen-bond acceptors (Lipinski definition) is 7. The molecule has 0 bridgehead atoms. The van der Waals surface area contributed by atoms with E-state index in [2.05, 4.69) is 15.4 Å². The van der Waals surface area contributed by atoms with Crippen molar-refractivity contribution in [3.63, 3.8) is 0 Å². The molecule has 4 N–H and O–H groups in total. The van der Waals surface area contributed by atoms with Crippen LogP contribution in [0.15, 0.2) is 6.33 Å². The van der Waals surface area contributed by atoms with Crippen LogP contribution in [-0.4, -0.2) is 41.4 Å². The van der Waals surface area contributed by atoms with E-state index in [0.717, 1.165) is 0 Å². The molecule has 0 aromatic carbocycles. The van der Waals surface area contributed by atoms with Gasteiger partial charge in [-0.15, -0.1) is 0 Å². The molecule has 0 aliphatic carbocycles. The molecule has 96 valence electrons. The van der Waals surface area contributed by atoms with E-state index in [-0.39, 0.29) is 6.61 Å². The van der Waals surface area contributed by atoms with Crippen LogP contribution in [0.1, 0.15) is 13.8 Å². The summed E-state index contributed by atoms with van der Waals surface area (Å²) < 4.78 is 5.24. The first-order chi connectivity index (χ1) is 7.97. The minimum atomic E-state index is -0.465. The second kappa shape index (κ2) is 5.15. The normalized spacial score (nSPS) is 11.2. The number of hydrazine groups is 1. The third kappa shape index (κ3) is 2.56. The van der Waals surface area contributed by atoms with E-state index in [4.69, 9.17) is 10.6 Å². The predicted octanol–water partition coefficient (Wildman–Crippen LogP) is -0.0221. The van der Waals surface area contributed by atoms with Crippen LogP contribution in [0.4, 0.5) is 11.6 Å². The van der Waals surface area contributed by atoms with Gasteiger partial charge in [0.2, 0.25) is 5.75 Å². The summed E-state index contributed by atoms with van der Waals surface area (Å²) in [5.74, 6) is 6.76. The predicted molar refractivity (Wildman–Crippen MR) is 66.0 cm³/mol. The number of methoxy groups -OCH3 is 1. The fourth-order valence-electron chi connectivity index (χ4n) is 1.29. The molecule has 1 rings (SSSR count). The molecular formula is C10H19N5O2. The first-order valence-electron chi connectivity index (χ1n) is 5.18. The molecular weight excluding hydrogens is 222 g/mol. The first-order valence-corrected chi connectivity index (χ1v) is 5.18. The number of aliphatic hydroxyl groups is 1. The zero-order valence-electron chi connectivity index (χ0n) is 10.6. The van der Waals surface area contributed by atoms with Gasteiger partial charge >= 0.3 is 0 Å². The van der Waals surface area contributed by atoms with E-state index in [1.54, 1.807) is 0 Å². The van der Waals surface area contributed by atoms with Crippen LogP contribution in [-0.2, 0) is 0 Å². The summed E-state index contributed by atoms with van der Waals surface area (Å²) in [5.41, 5.74) is 1.98. The van der Waals surface area contributed by atoms with Crippen LogP contribution < -0.4 is 20.9 Å². The molecule has 1 heterocycles. The van der Waals surface area contributed by atoms with Crippen molar-refractivity contribution in [1.82, 2.24) is 9.97 Å². The second-order valence-corrected chi connectivity index (χ2v) is 4.25. The molecule has 0 fully saturated rings. The number of aromatic nitrogens is 2. The lowest BCUT2D eigenvalue weighted by Crippen LogP contribution is -2.45. The van der Waals surface area contributed by atoms with E-state index in [1.165, 1.54) is 13.4 Å². The Hall–Kier alpha value is -1.60. The first kappa shape index (κ1) is 13.5. The number of aliphatic hydroxyl groups excluding tert-OH is 1. The van der Waals surface area contributed by atoms with Crippen molar-refractivity contribution in [1.29, 1.82) is 0 Å². The molecule has 0 aliphatic rings. The highest BCUT2D eigenvalue weighted by Gasteiger charge is 2.27. The van der Waals surface area contributed by atoms with Gasteiger partial charge in [0.1, 0.15) is 6.33 Å². The molecule has 0 unspecified atom stereocenters. The van der Waals surface area contributed by atoms with Gasteiger partial charge in [0.25, 0.3) is 0 Å². The van der Waals surface area contributed by atoms with Crippen LogP contribution in [0, 0.1) is 0 Å². The van der Waals surface area contributed by atoms with Gasteiger partial charge in [0.15, 0.2) is 11.6 Å². The smallest absolute Gasteiger partial charge is 0.205 e. The molecule has 0 atom stereocenters. The minimum Gasteiger partial charge on any atom is -0.490 e. The fraction of sp³-hybridized carbons (Fsp3) is 0.600. The summed E-state index contributed by atoms with van der Waals surface area (Å²) in [4.78, 5) is 9.93. The van der Waals surface area contributed by atoms with Gasteiger partial charge < -0.3 is 20.2 Å². The van der Waals surface area contributed by atoms with Crippen molar-refractivity contribution in [2.75, 3.05) is 31.1 Å². The number of likely N-dealkylation sites (N-methyl/N-ethyl adjacent to an activating group) is 1. The monoisotopic (exact) mass is 241 g/mol. The highest BCUT2D eigenvalue weighted by atomic mass is 16.5. The Balaban J connectivity index is 3.22. The van der Waals surface area contributed by atoms with Gasteiger partial charge in [0.05, 0.1) is 19.3 Å².